The van der Waals surface area contributed by atoms with E-state index in [0.717, 1.165) is 5.56 Å². The molecule has 0 saturated heterocycles. The Labute approximate surface area is 81.4 Å². The van der Waals surface area contributed by atoms with Gasteiger partial charge < -0.3 is 10.5 Å². The lowest BCUT2D eigenvalue weighted by atomic mass is 10.2. The molecule has 2 N–H and O–H groups in total. The molecule has 70 valence electrons. The summed E-state index contributed by atoms with van der Waals surface area (Å²) in [5.74, 6) is -0.480. The van der Waals surface area contributed by atoms with Crippen LogP contribution in [0.25, 0.3) is 0 Å². The predicted octanol–water partition coefficient (Wildman–Crippen LogP) is 1.34. The maximum absolute atomic E-state index is 10.3. The number of hydrogen-bond acceptors (Lipinski definition) is 2. The highest BCUT2D eigenvalue weighted by Gasteiger charge is 1.99. The lowest BCUT2D eigenvalue weighted by molar-refractivity contribution is -0.122. The number of primary amides is 1. The third-order valence-electron chi connectivity index (χ3n) is 1.46. The molecule has 0 bridgehead atoms. The van der Waals surface area contributed by atoms with Crippen molar-refractivity contribution < 1.29 is 9.53 Å². The number of rotatable bonds is 4. The summed E-state index contributed by atoms with van der Waals surface area (Å²) in [5.41, 5.74) is 5.75. The van der Waals surface area contributed by atoms with Gasteiger partial charge in [0.15, 0.2) is 0 Å². The quantitative estimate of drug-likeness (QED) is 0.796. The van der Waals surface area contributed by atoms with E-state index < -0.39 is 5.91 Å². The van der Waals surface area contributed by atoms with Crippen LogP contribution >= 0.6 is 11.6 Å². The molecule has 0 radical (unpaired) electrons. The number of hydrogen-bond donors (Lipinski definition) is 1. The van der Waals surface area contributed by atoms with Crippen LogP contribution in [0.1, 0.15) is 5.56 Å². The molecule has 1 rings (SSSR count). The van der Waals surface area contributed by atoms with E-state index in [2.05, 4.69) is 0 Å². The van der Waals surface area contributed by atoms with Crippen LogP contribution in [0.2, 0.25) is 5.02 Å². The SMILES string of the molecule is NC(=O)COCc1ccccc1Cl. The number of halogens is 1. The molecular formula is C9H10ClNO2. The van der Waals surface area contributed by atoms with E-state index in [1.807, 2.05) is 18.2 Å². The monoisotopic (exact) mass is 199 g/mol. The highest BCUT2D eigenvalue weighted by atomic mass is 35.5. The molecule has 0 aliphatic carbocycles. The van der Waals surface area contributed by atoms with Crippen LogP contribution in [-0.4, -0.2) is 12.5 Å². The van der Waals surface area contributed by atoms with E-state index in [-0.39, 0.29) is 6.61 Å². The second kappa shape index (κ2) is 4.84. The highest BCUT2D eigenvalue weighted by molar-refractivity contribution is 6.31. The van der Waals surface area contributed by atoms with Gasteiger partial charge in [-0.15, -0.1) is 0 Å². The van der Waals surface area contributed by atoms with E-state index in [1.165, 1.54) is 0 Å². The summed E-state index contributed by atoms with van der Waals surface area (Å²) in [6.07, 6.45) is 0. The maximum atomic E-state index is 10.3. The second-order valence-electron chi connectivity index (χ2n) is 2.55. The van der Waals surface area contributed by atoms with Crippen molar-refractivity contribution >= 4 is 17.5 Å². The molecule has 13 heavy (non-hydrogen) atoms. The minimum absolute atomic E-state index is 0.0782. The smallest absolute Gasteiger partial charge is 0.243 e. The summed E-state index contributed by atoms with van der Waals surface area (Å²) in [6.45, 7) is 0.230. The zero-order valence-corrected chi connectivity index (χ0v) is 7.75. The summed E-state index contributed by atoms with van der Waals surface area (Å²) in [5, 5.41) is 0.631. The van der Waals surface area contributed by atoms with Gasteiger partial charge in [0.1, 0.15) is 6.61 Å². The maximum Gasteiger partial charge on any atom is 0.243 e. The molecule has 0 spiro atoms. The van der Waals surface area contributed by atoms with Crippen LogP contribution in [0.15, 0.2) is 24.3 Å². The Morgan fingerprint density at radius 1 is 1.46 bits per heavy atom. The van der Waals surface area contributed by atoms with E-state index in [0.29, 0.717) is 11.6 Å². The average Bonchev–Trinajstić information content (AvgIpc) is 2.08. The molecule has 1 aromatic carbocycles. The topological polar surface area (TPSA) is 52.3 Å². The van der Waals surface area contributed by atoms with Gasteiger partial charge in [0.2, 0.25) is 5.91 Å². The number of ether oxygens (including phenoxy) is 1. The molecule has 0 atom stereocenters. The van der Waals surface area contributed by atoms with Gasteiger partial charge in [0, 0.05) is 5.02 Å². The zero-order chi connectivity index (χ0) is 9.68. The fourth-order valence-electron chi connectivity index (χ4n) is 0.877. The zero-order valence-electron chi connectivity index (χ0n) is 7.00. The molecule has 1 aromatic rings. The van der Waals surface area contributed by atoms with Gasteiger partial charge in [-0.25, -0.2) is 0 Å². The van der Waals surface area contributed by atoms with Gasteiger partial charge in [0.05, 0.1) is 6.61 Å². The van der Waals surface area contributed by atoms with E-state index >= 15 is 0 Å². The number of nitrogens with two attached hydrogens (primary N) is 1. The van der Waals surface area contributed by atoms with E-state index in [1.54, 1.807) is 6.07 Å². The summed E-state index contributed by atoms with van der Waals surface area (Å²) < 4.78 is 5.00. The van der Waals surface area contributed by atoms with Crippen LogP contribution in [0.3, 0.4) is 0 Å². The summed E-state index contributed by atoms with van der Waals surface area (Å²) >= 11 is 5.84. The summed E-state index contributed by atoms with van der Waals surface area (Å²) in [4.78, 5) is 10.3. The standard InChI is InChI=1S/C9H10ClNO2/c10-8-4-2-1-3-7(8)5-13-6-9(11)12/h1-4H,5-6H2,(H2,11,12). The molecule has 0 aromatic heterocycles. The van der Waals surface area contributed by atoms with Crippen molar-refractivity contribution in [3.05, 3.63) is 34.9 Å². The number of amides is 1. The molecule has 0 heterocycles. The Balaban J connectivity index is 2.45. The van der Waals surface area contributed by atoms with Crippen molar-refractivity contribution in [3.8, 4) is 0 Å². The Bertz CT molecular complexity index is 301. The number of carbonyl (C=O) groups excluding carboxylic acids is 1. The van der Waals surface area contributed by atoms with Crippen LogP contribution in [-0.2, 0) is 16.1 Å². The van der Waals surface area contributed by atoms with Crippen molar-refractivity contribution in [2.24, 2.45) is 5.73 Å². The van der Waals surface area contributed by atoms with Crippen LogP contribution < -0.4 is 5.73 Å². The van der Waals surface area contributed by atoms with Crippen molar-refractivity contribution in [1.29, 1.82) is 0 Å². The molecule has 1 amide bonds. The van der Waals surface area contributed by atoms with E-state index in [4.69, 9.17) is 22.1 Å². The van der Waals surface area contributed by atoms with Crippen molar-refractivity contribution in [1.82, 2.24) is 0 Å². The van der Waals surface area contributed by atoms with Crippen molar-refractivity contribution in [2.75, 3.05) is 6.61 Å². The van der Waals surface area contributed by atoms with Gasteiger partial charge in [-0.3, -0.25) is 4.79 Å². The van der Waals surface area contributed by atoms with Gasteiger partial charge in [-0.2, -0.15) is 0 Å². The first kappa shape index (κ1) is 10.0. The third kappa shape index (κ3) is 3.44. The summed E-state index contributed by atoms with van der Waals surface area (Å²) in [6, 6.07) is 7.29. The third-order valence-corrected chi connectivity index (χ3v) is 1.83. The minimum Gasteiger partial charge on any atom is -0.368 e. The Morgan fingerprint density at radius 3 is 2.77 bits per heavy atom. The number of benzene rings is 1. The van der Waals surface area contributed by atoms with Crippen LogP contribution in [0.4, 0.5) is 0 Å². The van der Waals surface area contributed by atoms with Crippen LogP contribution in [0.5, 0.6) is 0 Å². The predicted molar refractivity (Wildman–Crippen MR) is 50.3 cm³/mol. The average molecular weight is 200 g/mol. The fraction of sp³-hybridized carbons (Fsp3) is 0.222. The molecule has 0 saturated carbocycles. The first-order chi connectivity index (χ1) is 6.20. The molecule has 0 aliphatic rings. The lowest BCUT2D eigenvalue weighted by Gasteiger charge is -2.03. The second-order valence-corrected chi connectivity index (χ2v) is 2.96. The Morgan fingerprint density at radius 2 is 2.15 bits per heavy atom. The van der Waals surface area contributed by atoms with Crippen molar-refractivity contribution in [2.45, 2.75) is 6.61 Å². The Hall–Kier alpha value is -1.06. The van der Waals surface area contributed by atoms with E-state index in [9.17, 15) is 4.79 Å². The van der Waals surface area contributed by atoms with Gasteiger partial charge in [0.25, 0.3) is 0 Å². The van der Waals surface area contributed by atoms with Crippen LogP contribution in [0, 0.1) is 0 Å². The molecule has 0 aliphatic heterocycles. The number of carbonyl (C=O) groups is 1. The molecule has 0 unspecified atom stereocenters. The van der Waals surface area contributed by atoms with Gasteiger partial charge in [-0.1, -0.05) is 29.8 Å². The Kier molecular flexibility index (Phi) is 3.73. The normalized spacial score (nSPS) is 9.92. The molecule has 0 fully saturated rings. The van der Waals surface area contributed by atoms with Gasteiger partial charge in [-0.05, 0) is 11.6 Å². The fourth-order valence-corrected chi connectivity index (χ4v) is 1.07. The molecular weight excluding hydrogens is 190 g/mol. The minimum atomic E-state index is -0.480. The largest absolute Gasteiger partial charge is 0.368 e. The van der Waals surface area contributed by atoms with Gasteiger partial charge >= 0.3 is 0 Å². The van der Waals surface area contributed by atoms with Crippen molar-refractivity contribution in [3.63, 3.8) is 0 Å². The first-order valence-corrected chi connectivity index (χ1v) is 4.17. The first-order valence-electron chi connectivity index (χ1n) is 3.79. The lowest BCUT2D eigenvalue weighted by Crippen LogP contribution is -2.17. The molecule has 4 heteroatoms. The molecule has 3 nitrogen and oxygen atoms in total. The summed E-state index contributed by atoms with van der Waals surface area (Å²) in [7, 11) is 0. The highest BCUT2D eigenvalue weighted by Crippen LogP contribution is 2.15.